The molecule has 2 fully saturated rings. The van der Waals surface area contributed by atoms with E-state index in [9.17, 15) is 8.42 Å². The minimum atomic E-state index is -3.39. The maximum atomic E-state index is 12.1. The van der Waals surface area contributed by atoms with Gasteiger partial charge in [-0.15, -0.1) is 0 Å². The van der Waals surface area contributed by atoms with E-state index >= 15 is 0 Å². The highest BCUT2D eigenvalue weighted by molar-refractivity contribution is 7.92. The van der Waals surface area contributed by atoms with Gasteiger partial charge in [0.15, 0.2) is 0 Å². The van der Waals surface area contributed by atoms with Gasteiger partial charge in [-0.2, -0.15) is 0 Å². The first kappa shape index (κ1) is 21.5. The Kier molecular flexibility index (Phi) is 6.04. The Bertz CT molecular complexity index is 787. The van der Waals surface area contributed by atoms with E-state index in [0.29, 0.717) is 24.0 Å². The molecule has 0 aromatic heterocycles. The molecule has 1 aromatic carbocycles. The molecule has 0 atom stereocenters. The molecular formula is C20H32BNO5S. The van der Waals surface area contributed by atoms with Crippen LogP contribution in [-0.2, 0) is 19.3 Å². The second-order valence-corrected chi connectivity index (χ2v) is 10.8. The fraction of sp³-hybridized carbons (Fsp3) is 0.700. The van der Waals surface area contributed by atoms with Crippen molar-refractivity contribution in [2.45, 2.75) is 71.5 Å². The summed E-state index contributed by atoms with van der Waals surface area (Å²) < 4.78 is 45.1. The summed E-state index contributed by atoms with van der Waals surface area (Å²) in [4.78, 5) is 0. The Balaban J connectivity index is 1.85. The highest BCUT2D eigenvalue weighted by atomic mass is 32.2. The Hall–Kier alpha value is -1.25. The van der Waals surface area contributed by atoms with Crippen LogP contribution in [0.4, 0.5) is 5.69 Å². The minimum absolute atomic E-state index is 0.00798. The molecule has 1 aromatic rings. The van der Waals surface area contributed by atoms with Gasteiger partial charge in [0.25, 0.3) is 0 Å². The van der Waals surface area contributed by atoms with E-state index in [-0.39, 0.29) is 5.75 Å². The standard InChI is InChI=1S/C20H32BNO5S/c1-6-28(23,24)22-17-12-11-16(21-26-19(2,3)20(4,5)27-21)13-18(17)25-14-15-9-7-8-10-15/h11-13,15,22H,6-10,14H2,1-5H3. The number of hydrogen-bond donors (Lipinski definition) is 1. The Labute approximate surface area is 169 Å². The third kappa shape index (κ3) is 4.66. The third-order valence-corrected chi connectivity index (χ3v) is 7.42. The summed E-state index contributed by atoms with van der Waals surface area (Å²) >= 11 is 0. The van der Waals surface area contributed by atoms with Gasteiger partial charge >= 0.3 is 7.12 Å². The predicted molar refractivity (Wildman–Crippen MR) is 113 cm³/mol. The number of sulfonamides is 1. The van der Waals surface area contributed by atoms with Crippen LogP contribution < -0.4 is 14.9 Å². The smallest absolute Gasteiger partial charge is 0.491 e. The van der Waals surface area contributed by atoms with E-state index in [2.05, 4.69) is 4.72 Å². The number of rotatable bonds is 7. The topological polar surface area (TPSA) is 73.9 Å². The van der Waals surface area contributed by atoms with Crippen molar-refractivity contribution in [2.75, 3.05) is 17.1 Å². The second kappa shape index (κ2) is 7.88. The van der Waals surface area contributed by atoms with Gasteiger partial charge in [0.1, 0.15) is 5.75 Å². The van der Waals surface area contributed by atoms with Crippen molar-refractivity contribution < 1.29 is 22.5 Å². The Morgan fingerprint density at radius 2 is 1.75 bits per heavy atom. The fourth-order valence-corrected chi connectivity index (χ4v) is 4.14. The summed E-state index contributed by atoms with van der Waals surface area (Å²) in [5.74, 6) is 1.06. The zero-order valence-electron chi connectivity index (χ0n) is 17.6. The van der Waals surface area contributed by atoms with Crippen molar-refractivity contribution in [1.82, 2.24) is 0 Å². The monoisotopic (exact) mass is 409 g/mol. The van der Waals surface area contributed by atoms with E-state index in [0.717, 1.165) is 18.3 Å². The number of benzene rings is 1. The van der Waals surface area contributed by atoms with Gasteiger partial charge in [0.05, 0.1) is 29.2 Å². The van der Waals surface area contributed by atoms with Crippen molar-refractivity contribution in [1.29, 1.82) is 0 Å². The van der Waals surface area contributed by atoms with Gasteiger partial charge in [-0.05, 0) is 71.0 Å². The average molecular weight is 409 g/mol. The van der Waals surface area contributed by atoms with Crippen LogP contribution in [0.2, 0.25) is 0 Å². The molecule has 6 nitrogen and oxygen atoms in total. The molecule has 8 heteroatoms. The molecule has 1 saturated heterocycles. The van der Waals surface area contributed by atoms with E-state index in [1.807, 2.05) is 39.8 Å². The fourth-order valence-electron chi connectivity index (χ4n) is 3.49. The van der Waals surface area contributed by atoms with Crippen LogP contribution in [0.1, 0.15) is 60.3 Å². The van der Waals surface area contributed by atoms with E-state index in [1.54, 1.807) is 13.0 Å². The quantitative estimate of drug-likeness (QED) is 0.700. The highest BCUT2D eigenvalue weighted by Crippen LogP contribution is 2.37. The maximum Gasteiger partial charge on any atom is 0.494 e. The summed E-state index contributed by atoms with van der Waals surface area (Å²) in [6, 6.07) is 5.40. The zero-order chi connectivity index (χ0) is 20.6. The first-order valence-electron chi connectivity index (χ1n) is 10.2. The molecule has 3 rings (SSSR count). The molecule has 1 saturated carbocycles. The molecule has 1 aliphatic heterocycles. The van der Waals surface area contributed by atoms with E-state index < -0.39 is 28.3 Å². The number of hydrogen-bond acceptors (Lipinski definition) is 5. The van der Waals surface area contributed by atoms with Gasteiger partial charge in [-0.1, -0.05) is 18.9 Å². The van der Waals surface area contributed by atoms with Crippen molar-refractivity contribution >= 4 is 28.3 Å². The Morgan fingerprint density at radius 3 is 2.32 bits per heavy atom. The third-order valence-electron chi connectivity index (χ3n) is 6.13. The molecule has 2 aliphatic rings. The summed E-state index contributed by atoms with van der Waals surface area (Å²) in [7, 11) is -3.91. The van der Waals surface area contributed by atoms with Crippen molar-refractivity contribution in [3.63, 3.8) is 0 Å². The Morgan fingerprint density at radius 1 is 1.14 bits per heavy atom. The van der Waals surface area contributed by atoms with Crippen LogP contribution in [-0.4, -0.2) is 39.1 Å². The van der Waals surface area contributed by atoms with Crippen LogP contribution >= 0.6 is 0 Å². The summed E-state index contributed by atoms with van der Waals surface area (Å²) in [5, 5.41) is 0. The molecule has 0 spiro atoms. The van der Waals surface area contributed by atoms with Gasteiger partial charge in [-0.25, -0.2) is 8.42 Å². The maximum absolute atomic E-state index is 12.1. The highest BCUT2D eigenvalue weighted by Gasteiger charge is 2.51. The molecule has 1 heterocycles. The average Bonchev–Trinajstić information content (AvgIpc) is 3.20. The molecule has 0 bridgehead atoms. The van der Waals surface area contributed by atoms with Crippen LogP contribution in [0.5, 0.6) is 5.75 Å². The van der Waals surface area contributed by atoms with Gasteiger partial charge in [0.2, 0.25) is 10.0 Å². The molecule has 156 valence electrons. The molecule has 0 radical (unpaired) electrons. The lowest BCUT2D eigenvalue weighted by atomic mass is 9.79. The molecule has 1 N–H and O–H groups in total. The van der Waals surface area contributed by atoms with Crippen LogP contribution in [0, 0.1) is 5.92 Å². The van der Waals surface area contributed by atoms with Crippen LogP contribution in [0.3, 0.4) is 0 Å². The zero-order valence-corrected chi connectivity index (χ0v) is 18.4. The predicted octanol–water partition coefficient (Wildman–Crippen LogP) is 3.32. The second-order valence-electron chi connectivity index (χ2n) is 8.81. The lowest BCUT2D eigenvalue weighted by Crippen LogP contribution is -2.41. The largest absolute Gasteiger partial charge is 0.494 e. The van der Waals surface area contributed by atoms with E-state index in [1.165, 1.54) is 12.8 Å². The van der Waals surface area contributed by atoms with Crippen molar-refractivity contribution in [3.05, 3.63) is 18.2 Å². The first-order valence-corrected chi connectivity index (χ1v) is 11.8. The molecule has 1 aliphatic carbocycles. The number of anilines is 1. The summed E-state index contributed by atoms with van der Waals surface area (Å²) in [6.07, 6.45) is 4.79. The normalized spacial score (nSPS) is 21.8. The van der Waals surface area contributed by atoms with E-state index in [4.69, 9.17) is 14.0 Å². The summed E-state index contributed by atoms with van der Waals surface area (Å²) in [5.41, 5.74) is 0.398. The molecule has 28 heavy (non-hydrogen) atoms. The molecule has 0 unspecified atom stereocenters. The number of nitrogens with one attached hydrogen (secondary N) is 1. The first-order chi connectivity index (χ1) is 13.0. The lowest BCUT2D eigenvalue weighted by Gasteiger charge is -2.32. The van der Waals surface area contributed by atoms with Gasteiger partial charge < -0.3 is 14.0 Å². The van der Waals surface area contributed by atoms with Crippen LogP contribution in [0.25, 0.3) is 0 Å². The lowest BCUT2D eigenvalue weighted by molar-refractivity contribution is 0.00578. The van der Waals surface area contributed by atoms with Gasteiger partial charge in [-0.3, -0.25) is 4.72 Å². The van der Waals surface area contributed by atoms with Gasteiger partial charge in [0, 0.05) is 0 Å². The van der Waals surface area contributed by atoms with Crippen molar-refractivity contribution in [2.24, 2.45) is 5.92 Å². The minimum Gasteiger partial charge on any atom is -0.491 e. The van der Waals surface area contributed by atoms with Crippen molar-refractivity contribution in [3.8, 4) is 5.75 Å². The summed E-state index contributed by atoms with van der Waals surface area (Å²) in [6.45, 7) is 10.2. The molecule has 0 amide bonds. The van der Waals surface area contributed by atoms with Crippen LogP contribution in [0.15, 0.2) is 18.2 Å². The number of ether oxygens (including phenoxy) is 1. The SMILES string of the molecule is CCS(=O)(=O)Nc1ccc(B2OC(C)(C)C(C)(C)O2)cc1OCC1CCCC1. The molecular weight excluding hydrogens is 377 g/mol.